The average Bonchev–Trinajstić information content (AvgIpc) is 3.31. The Bertz CT molecular complexity index is 1210. The summed E-state index contributed by atoms with van der Waals surface area (Å²) in [5, 5.41) is 14.2. The summed E-state index contributed by atoms with van der Waals surface area (Å²) in [5.74, 6) is -1.12. The van der Waals surface area contributed by atoms with Crippen molar-refractivity contribution in [2.24, 2.45) is 0 Å². The van der Waals surface area contributed by atoms with E-state index in [-0.39, 0.29) is 18.9 Å². The molecule has 0 aliphatic carbocycles. The number of aromatic nitrogens is 2. The molecule has 9 heteroatoms. The molecule has 162 valence electrons. The first-order valence-corrected chi connectivity index (χ1v) is 11.4. The fourth-order valence-corrected chi connectivity index (χ4v) is 4.69. The number of amides is 1. The second kappa shape index (κ2) is 9.68. The van der Waals surface area contributed by atoms with Crippen molar-refractivity contribution in [1.82, 2.24) is 14.7 Å². The Kier molecular flexibility index (Phi) is 6.74. The number of thioether (sulfide) groups is 1. The molecule has 4 rings (SSSR count). The van der Waals surface area contributed by atoms with Gasteiger partial charge in [0.05, 0.1) is 16.3 Å². The minimum absolute atomic E-state index is 0.0132. The molecule has 1 saturated heterocycles. The van der Waals surface area contributed by atoms with Crippen molar-refractivity contribution in [3.8, 4) is 16.9 Å². The zero-order valence-corrected chi connectivity index (χ0v) is 19.2. The van der Waals surface area contributed by atoms with Crippen molar-refractivity contribution in [2.45, 2.75) is 12.8 Å². The zero-order chi connectivity index (χ0) is 22.7. The lowest BCUT2D eigenvalue weighted by atomic mass is 10.1. The second-order valence-electron chi connectivity index (χ2n) is 7.05. The summed E-state index contributed by atoms with van der Waals surface area (Å²) in [7, 11) is 0. The summed E-state index contributed by atoms with van der Waals surface area (Å²) in [4.78, 5) is 25.6. The molecule has 1 N–H and O–H groups in total. The molecule has 3 aromatic rings. The number of rotatable bonds is 7. The quantitative estimate of drug-likeness (QED) is 0.365. The number of halogens is 1. The van der Waals surface area contributed by atoms with Crippen LogP contribution in [0.5, 0.6) is 0 Å². The monoisotopic (exact) mass is 483 g/mol. The highest BCUT2D eigenvalue weighted by molar-refractivity contribution is 8.26. The summed E-state index contributed by atoms with van der Waals surface area (Å²) in [5.41, 5.74) is 3.24. The van der Waals surface area contributed by atoms with E-state index in [1.54, 1.807) is 22.9 Å². The van der Waals surface area contributed by atoms with Crippen LogP contribution in [0, 0.1) is 0 Å². The smallest absolute Gasteiger partial charge is 0.303 e. The Morgan fingerprint density at radius 3 is 2.56 bits per heavy atom. The lowest BCUT2D eigenvalue weighted by molar-refractivity contribution is -0.137. The standard InChI is InChI=1S/C23H18ClN3O3S2/c24-17-10-8-15(9-11-17)21-16(14-27(25-21)18-5-2-1-3-6-18)13-19-22(30)26(23(31)32-19)12-4-7-20(28)29/h1-3,5-6,8-11,13-14H,4,7,12H2,(H,28,29)/b19-13+. The van der Waals surface area contributed by atoms with Crippen LogP contribution in [-0.4, -0.2) is 42.5 Å². The summed E-state index contributed by atoms with van der Waals surface area (Å²) < 4.78 is 2.19. The molecular weight excluding hydrogens is 466 g/mol. The molecule has 1 aliphatic rings. The van der Waals surface area contributed by atoms with Gasteiger partial charge in [-0.25, -0.2) is 4.68 Å². The van der Waals surface area contributed by atoms with Crippen LogP contribution >= 0.6 is 35.6 Å². The first-order chi connectivity index (χ1) is 15.4. The number of carboxylic acids is 1. The maximum Gasteiger partial charge on any atom is 0.303 e. The number of carbonyl (C=O) groups is 2. The van der Waals surface area contributed by atoms with E-state index < -0.39 is 5.97 Å². The second-order valence-corrected chi connectivity index (χ2v) is 9.16. The van der Waals surface area contributed by atoms with E-state index in [1.165, 1.54) is 16.7 Å². The third-order valence-electron chi connectivity index (χ3n) is 4.81. The van der Waals surface area contributed by atoms with Gasteiger partial charge in [0.1, 0.15) is 4.32 Å². The molecule has 0 bridgehead atoms. The molecule has 1 amide bonds. The van der Waals surface area contributed by atoms with Gasteiger partial charge in [0, 0.05) is 35.3 Å². The fourth-order valence-electron chi connectivity index (χ4n) is 3.26. The molecule has 0 saturated carbocycles. The molecule has 1 aliphatic heterocycles. The van der Waals surface area contributed by atoms with Crippen LogP contribution < -0.4 is 0 Å². The van der Waals surface area contributed by atoms with E-state index in [0.29, 0.717) is 26.4 Å². The number of nitrogens with zero attached hydrogens (tertiary/aromatic N) is 3. The SMILES string of the molecule is O=C(O)CCCN1C(=O)/C(=C\c2cn(-c3ccccc3)nc2-c2ccc(Cl)cc2)SC1=S. The molecule has 6 nitrogen and oxygen atoms in total. The number of thiocarbonyl (C=S) groups is 1. The van der Waals surface area contributed by atoms with Crippen molar-refractivity contribution in [3.63, 3.8) is 0 Å². The first kappa shape index (κ1) is 22.3. The summed E-state index contributed by atoms with van der Waals surface area (Å²) >= 11 is 12.6. The van der Waals surface area contributed by atoms with Gasteiger partial charge in [0.25, 0.3) is 5.91 Å². The van der Waals surface area contributed by atoms with Gasteiger partial charge in [0.2, 0.25) is 0 Å². The Morgan fingerprint density at radius 2 is 1.88 bits per heavy atom. The summed E-state index contributed by atoms with van der Waals surface area (Å²) in [6, 6.07) is 17.1. The highest BCUT2D eigenvalue weighted by Crippen LogP contribution is 2.35. The Hall–Kier alpha value is -2.94. The summed E-state index contributed by atoms with van der Waals surface area (Å²) in [6.07, 6.45) is 3.99. The van der Waals surface area contributed by atoms with Gasteiger partial charge in [0.15, 0.2) is 0 Å². The highest BCUT2D eigenvalue weighted by Gasteiger charge is 2.32. The Balaban J connectivity index is 1.69. The van der Waals surface area contributed by atoms with Crippen LogP contribution in [-0.2, 0) is 9.59 Å². The number of aliphatic carboxylic acids is 1. The topological polar surface area (TPSA) is 75.4 Å². The average molecular weight is 484 g/mol. The van der Waals surface area contributed by atoms with E-state index in [0.717, 1.165) is 16.8 Å². The Labute approximate surface area is 199 Å². The number of benzene rings is 2. The molecule has 1 aromatic heterocycles. The van der Waals surface area contributed by atoms with Crippen LogP contribution in [0.3, 0.4) is 0 Å². The van der Waals surface area contributed by atoms with Gasteiger partial charge in [-0.15, -0.1) is 0 Å². The molecule has 2 aromatic carbocycles. The first-order valence-electron chi connectivity index (χ1n) is 9.80. The van der Waals surface area contributed by atoms with E-state index in [2.05, 4.69) is 0 Å². The lowest BCUT2D eigenvalue weighted by Crippen LogP contribution is -2.29. The number of carboxylic acid groups (broad SMARTS) is 1. The van der Waals surface area contributed by atoms with Crippen LogP contribution in [0.4, 0.5) is 0 Å². The molecule has 2 heterocycles. The van der Waals surface area contributed by atoms with Gasteiger partial charge in [-0.05, 0) is 36.8 Å². The largest absolute Gasteiger partial charge is 0.481 e. The predicted octanol–water partition coefficient (Wildman–Crippen LogP) is 5.26. The third kappa shape index (κ3) is 4.93. The van der Waals surface area contributed by atoms with Gasteiger partial charge in [-0.3, -0.25) is 14.5 Å². The number of hydrogen-bond donors (Lipinski definition) is 1. The van der Waals surface area contributed by atoms with Crippen molar-refractivity contribution in [2.75, 3.05) is 6.54 Å². The van der Waals surface area contributed by atoms with E-state index in [4.69, 9.17) is 34.0 Å². The maximum absolute atomic E-state index is 12.9. The minimum atomic E-state index is -0.896. The molecule has 0 unspecified atom stereocenters. The van der Waals surface area contributed by atoms with Crippen LogP contribution in [0.25, 0.3) is 23.0 Å². The molecule has 0 atom stereocenters. The normalized spacial score (nSPS) is 15.0. The summed E-state index contributed by atoms with van der Waals surface area (Å²) in [6.45, 7) is 0.279. The van der Waals surface area contributed by atoms with Crippen LogP contribution in [0.15, 0.2) is 65.7 Å². The third-order valence-corrected chi connectivity index (χ3v) is 6.44. The highest BCUT2D eigenvalue weighted by atomic mass is 35.5. The van der Waals surface area contributed by atoms with Crippen molar-refractivity contribution in [3.05, 3.63) is 76.3 Å². The number of para-hydroxylation sites is 1. The number of hydrogen-bond acceptors (Lipinski definition) is 5. The van der Waals surface area contributed by atoms with E-state index in [9.17, 15) is 9.59 Å². The van der Waals surface area contributed by atoms with Crippen LogP contribution in [0.2, 0.25) is 5.02 Å². The van der Waals surface area contributed by atoms with Crippen molar-refractivity contribution >= 4 is 57.9 Å². The molecule has 32 heavy (non-hydrogen) atoms. The van der Waals surface area contributed by atoms with E-state index >= 15 is 0 Å². The zero-order valence-electron chi connectivity index (χ0n) is 16.8. The van der Waals surface area contributed by atoms with Crippen LogP contribution in [0.1, 0.15) is 18.4 Å². The minimum Gasteiger partial charge on any atom is -0.481 e. The maximum atomic E-state index is 12.9. The van der Waals surface area contributed by atoms with Crippen molar-refractivity contribution < 1.29 is 14.7 Å². The lowest BCUT2D eigenvalue weighted by Gasteiger charge is -2.13. The Morgan fingerprint density at radius 1 is 1.16 bits per heavy atom. The van der Waals surface area contributed by atoms with Gasteiger partial charge >= 0.3 is 5.97 Å². The molecule has 1 fully saturated rings. The van der Waals surface area contributed by atoms with Gasteiger partial charge in [-0.1, -0.05) is 65.9 Å². The molecule has 0 spiro atoms. The molecular formula is C23H18ClN3O3S2. The fraction of sp³-hybridized carbons (Fsp3) is 0.130. The predicted molar refractivity (Wildman–Crippen MR) is 131 cm³/mol. The van der Waals surface area contributed by atoms with E-state index in [1.807, 2.05) is 48.7 Å². The van der Waals surface area contributed by atoms with Crippen molar-refractivity contribution in [1.29, 1.82) is 0 Å². The number of carbonyl (C=O) groups excluding carboxylic acids is 1. The molecule has 0 radical (unpaired) electrons. The van der Waals surface area contributed by atoms with Gasteiger partial charge in [-0.2, -0.15) is 5.10 Å². The van der Waals surface area contributed by atoms with Gasteiger partial charge < -0.3 is 5.11 Å².